The van der Waals surface area contributed by atoms with E-state index in [-0.39, 0.29) is 5.92 Å². The van der Waals surface area contributed by atoms with Crippen molar-refractivity contribution in [2.45, 2.75) is 38.0 Å². The molecule has 0 spiro atoms. The maximum atomic E-state index is 13.1. The van der Waals surface area contributed by atoms with E-state index >= 15 is 0 Å². The van der Waals surface area contributed by atoms with Crippen LogP contribution in [0.4, 0.5) is 0 Å². The highest BCUT2D eigenvalue weighted by Gasteiger charge is 2.32. The van der Waals surface area contributed by atoms with E-state index in [9.17, 15) is 4.79 Å². The van der Waals surface area contributed by atoms with Gasteiger partial charge in [-0.15, -0.1) is 0 Å². The Morgan fingerprint density at radius 2 is 1.68 bits per heavy atom. The van der Waals surface area contributed by atoms with Gasteiger partial charge in [0.2, 0.25) is 5.91 Å². The van der Waals surface area contributed by atoms with Gasteiger partial charge in [0.15, 0.2) is 0 Å². The predicted octanol–water partition coefficient (Wildman–Crippen LogP) is 3.37. The van der Waals surface area contributed by atoms with Crippen LogP contribution in [0.1, 0.15) is 43.6 Å². The number of rotatable bonds is 6. The lowest BCUT2D eigenvalue weighted by Gasteiger charge is -2.33. The van der Waals surface area contributed by atoms with Gasteiger partial charge in [-0.25, -0.2) is 0 Å². The minimum Gasteiger partial charge on any atom is -0.344 e. The second kappa shape index (κ2) is 8.33. The highest BCUT2D eigenvalue weighted by atomic mass is 16.2. The molecule has 0 unspecified atom stereocenters. The summed E-state index contributed by atoms with van der Waals surface area (Å²) in [6.45, 7) is 1.70. The average Bonchev–Trinajstić information content (AvgIpc) is 2.54. The van der Waals surface area contributed by atoms with Crippen LogP contribution in [-0.4, -0.2) is 49.9 Å². The van der Waals surface area contributed by atoms with Crippen LogP contribution in [0.3, 0.4) is 0 Å². The van der Waals surface area contributed by atoms with Gasteiger partial charge in [0.05, 0.1) is 5.92 Å². The van der Waals surface area contributed by atoms with Crippen LogP contribution in [0.2, 0.25) is 0 Å². The number of amides is 1. The molecule has 1 aliphatic carbocycles. The zero-order valence-electron chi connectivity index (χ0n) is 14.3. The molecule has 0 aliphatic heterocycles. The molecule has 0 radical (unpaired) electrons. The van der Waals surface area contributed by atoms with Crippen molar-refractivity contribution < 1.29 is 4.79 Å². The molecule has 122 valence electrons. The zero-order valence-corrected chi connectivity index (χ0v) is 14.3. The van der Waals surface area contributed by atoms with Crippen LogP contribution in [0, 0.1) is 5.92 Å². The van der Waals surface area contributed by atoms with Gasteiger partial charge in [-0.05, 0) is 38.4 Å². The largest absolute Gasteiger partial charge is 0.344 e. The molecule has 0 heterocycles. The Kier molecular flexibility index (Phi) is 6.44. The molecule has 0 aromatic heterocycles. The van der Waals surface area contributed by atoms with Crippen molar-refractivity contribution in [1.29, 1.82) is 0 Å². The van der Waals surface area contributed by atoms with E-state index in [0.717, 1.165) is 13.1 Å². The van der Waals surface area contributed by atoms with Crippen LogP contribution in [0.5, 0.6) is 0 Å². The molecule has 22 heavy (non-hydrogen) atoms. The summed E-state index contributed by atoms with van der Waals surface area (Å²) in [6, 6.07) is 10.4. The smallest absolute Gasteiger partial charge is 0.230 e. The van der Waals surface area contributed by atoms with E-state index in [1.54, 1.807) is 0 Å². The third kappa shape index (κ3) is 4.57. The van der Waals surface area contributed by atoms with Gasteiger partial charge < -0.3 is 9.80 Å². The predicted molar refractivity (Wildman–Crippen MR) is 91.9 cm³/mol. The first kappa shape index (κ1) is 17.0. The normalized spacial score (nSPS) is 17.5. The minimum absolute atomic E-state index is 0.0358. The molecule has 1 fully saturated rings. The summed E-state index contributed by atoms with van der Waals surface area (Å²) in [5, 5.41) is 0. The maximum Gasteiger partial charge on any atom is 0.230 e. The Morgan fingerprint density at radius 3 is 2.27 bits per heavy atom. The summed E-state index contributed by atoms with van der Waals surface area (Å²) in [5.41, 5.74) is 1.19. The SMILES string of the molecule is CN(C)CCN(C)C(=O)[C@@H](c1ccccc1)C1CCCCC1. The monoisotopic (exact) mass is 302 g/mol. The molecular formula is C19H30N2O. The summed E-state index contributed by atoms with van der Waals surface area (Å²) in [6.07, 6.45) is 6.23. The standard InChI is InChI=1S/C19H30N2O/c1-20(2)14-15-21(3)19(22)18(16-10-6-4-7-11-16)17-12-8-5-9-13-17/h4,6-7,10-11,17-18H,5,8-9,12-15H2,1-3H3/t18-/m0/s1. The topological polar surface area (TPSA) is 23.6 Å². The van der Waals surface area contributed by atoms with Crippen LogP contribution >= 0.6 is 0 Å². The fraction of sp³-hybridized carbons (Fsp3) is 0.632. The van der Waals surface area contributed by atoms with Gasteiger partial charge in [0.25, 0.3) is 0 Å². The Hall–Kier alpha value is -1.35. The number of likely N-dealkylation sites (N-methyl/N-ethyl adjacent to an activating group) is 2. The van der Waals surface area contributed by atoms with Crippen molar-refractivity contribution in [2.75, 3.05) is 34.2 Å². The van der Waals surface area contributed by atoms with Gasteiger partial charge in [0.1, 0.15) is 0 Å². The van der Waals surface area contributed by atoms with Gasteiger partial charge in [-0.3, -0.25) is 4.79 Å². The van der Waals surface area contributed by atoms with Crippen molar-refractivity contribution in [2.24, 2.45) is 5.92 Å². The van der Waals surface area contributed by atoms with E-state index in [2.05, 4.69) is 29.2 Å². The van der Waals surface area contributed by atoms with Crippen LogP contribution in [0.15, 0.2) is 30.3 Å². The number of carbonyl (C=O) groups is 1. The van der Waals surface area contributed by atoms with E-state index in [1.165, 1.54) is 37.7 Å². The van der Waals surface area contributed by atoms with E-state index in [4.69, 9.17) is 0 Å². The summed E-state index contributed by atoms with van der Waals surface area (Å²) in [7, 11) is 6.05. The fourth-order valence-electron chi connectivity index (χ4n) is 3.44. The molecule has 0 saturated heterocycles. The third-order valence-electron chi connectivity index (χ3n) is 4.80. The van der Waals surface area contributed by atoms with Crippen LogP contribution < -0.4 is 0 Å². The Morgan fingerprint density at radius 1 is 1.05 bits per heavy atom. The number of hydrogen-bond acceptors (Lipinski definition) is 2. The van der Waals surface area contributed by atoms with Gasteiger partial charge in [-0.2, -0.15) is 0 Å². The van der Waals surface area contributed by atoms with Crippen molar-refractivity contribution in [3.8, 4) is 0 Å². The Balaban J connectivity index is 2.14. The molecule has 1 aromatic carbocycles. The molecule has 3 heteroatoms. The number of nitrogens with zero attached hydrogens (tertiary/aromatic N) is 2. The first-order chi connectivity index (χ1) is 10.6. The molecule has 0 bridgehead atoms. The molecule has 1 aromatic rings. The molecule has 1 amide bonds. The highest BCUT2D eigenvalue weighted by molar-refractivity contribution is 5.84. The lowest BCUT2D eigenvalue weighted by atomic mass is 9.76. The van der Waals surface area contributed by atoms with Gasteiger partial charge in [0, 0.05) is 20.1 Å². The molecule has 1 aliphatic rings. The van der Waals surface area contributed by atoms with Crippen molar-refractivity contribution >= 4 is 5.91 Å². The quantitative estimate of drug-likeness (QED) is 0.804. The molecular weight excluding hydrogens is 272 g/mol. The second-order valence-corrected chi connectivity index (χ2v) is 6.85. The summed E-state index contributed by atoms with van der Waals surface area (Å²) < 4.78 is 0. The maximum absolute atomic E-state index is 13.1. The fourth-order valence-corrected chi connectivity index (χ4v) is 3.44. The van der Waals surface area contributed by atoms with E-state index in [0.29, 0.717) is 11.8 Å². The molecule has 1 saturated carbocycles. The first-order valence-corrected chi connectivity index (χ1v) is 8.54. The minimum atomic E-state index is 0.0358. The van der Waals surface area contributed by atoms with Crippen LogP contribution in [0.25, 0.3) is 0 Å². The number of carbonyl (C=O) groups excluding carboxylic acids is 1. The number of hydrogen-bond donors (Lipinski definition) is 0. The van der Waals surface area contributed by atoms with Gasteiger partial charge in [-0.1, -0.05) is 49.6 Å². The van der Waals surface area contributed by atoms with Crippen molar-refractivity contribution in [3.63, 3.8) is 0 Å². The Labute approximate surface area is 135 Å². The second-order valence-electron chi connectivity index (χ2n) is 6.85. The first-order valence-electron chi connectivity index (χ1n) is 8.54. The van der Waals surface area contributed by atoms with Crippen LogP contribution in [-0.2, 0) is 4.79 Å². The summed E-state index contributed by atoms with van der Waals surface area (Å²) in [5.74, 6) is 0.832. The van der Waals surface area contributed by atoms with Crippen molar-refractivity contribution in [1.82, 2.24) is 9.80 Å². The van der Waals surface area contributed by atoms with Gasteiger partial charge >= 0.3 is 0 Å². The molecule has 2 rings (SSSR count). The summed E-state index contributed by atoms with van der Waals surface area (Å²) >= 11 is 0. The molecule has 1 atom stereocenters. The van der Waals surface area contributed by atoms with E-state index in [1.807, 2.05) is 32.1 Å². The Bertz CT molecular complexity index is 452. The molecule has 3 nitrogen and oxygen atoms in total. The third-order valence-corrected chi connectivity index (χ3v) is 4.80. The lowest BCUT2D eigenvalue weighted by molar-refractivity contribution is -0.133. The number of benzene rings is 1. The highest BCUT2D eigenvalue weighted by Crippen LogP contribution is 2.37. The zero-order chi connectivity index (χ0) is 15.9. The molecule has 0 N–H and O–H groups in total. The lowest BCUT2D eigenvalue weighted by Crippen LogP contribution is -2.39. The average molecular weight is 302 g/mol. The van der Waals surface area contributed by atoms with E-state index < -0.39 is 0 Å². The van der Waals surface area contributed by atoms with Crippen molar-refractivity contribution in [3.05, 3.63) is 35.9 Å². The summed E-state index contributed by atoms with van der Waals surface area (Å²) in [4.78, 5) is 17.1.